The monoisotopic (exact) mass is 331 g/mol. The Morgan fingerprint density at radius 1 is 1.15 bits per heavy atom. The van der Waals surface area contributed by atoms with E-state index in [1.807, 2.05) is 19.1 Å². The van der Waals surface area contributed by atoms with Crippen molar-refractivity contribution >= 4 is 21.6 Å². The summed E-state index contributed by atoms with van der Waals surface area (Å²) in [6.07, 6.45) is 2.33. The molecule has 0 amide bonds. The van der Waals surface area contributed by atoms with Crippen molar-refractivity contribution in [3.63, 3.8) is 0 Å². The first-order valence-corrected chi connectivity index (χ1v) is 7.73. The van der Waals surface area contributed by atoms with Crippen LogP contribution < -0.4 is 5.32 Å². The van der Waals surface area contributed by atoms with Gasteiger partial charge in [-0.1, -0.05) is 28.1 Å². The Balaban J connectivity index is 1.59. The minimum atomic E-state index is 0.358. The standard InChI is InChI=1S/C17H18BrNO/c1-11-7-15(5-6-17(11)20)19-16-9-13(10-16)12-3-2-4-14(18)8-12/h2-8,13,16,19-20H,9-10H2,1H3. The number of aromatic hydroxyl groups is 1. The van der Waals surface area contributed by atoms with Crippen molar-refractivity contribution in [2.45, 2.75) is 31.7 Å². The fourth-order valence-corrected chi connectivity index (χ4v) is 3.17. The number of hydrogen-bond donors (Lipinski definition) is 2. The van der Waals surface area contributed by atoms with Gasteiger partial charge in [-0.15, -0.1) is 0 Å². The Labute approximate surface area is 128 Å². The van der Waals surface area contributed by atoms with E-state index in [1.165, 1.54) is 5.56 Å². The van der Waals surface area contributed by atoms with E-state index in [0.29, 0.717) is 17.7 Å². The molecule has 3 heteroatoms. The van der Waals surface area contributed by atoms with Crippen molar-refractivity contribution in [1.29, 1.82) is 0 Å². The number of phenolic OH excluding ortho intramolecular Hbond substituents is 1. The van der Waals surface area contributed by atoms with E-state index in [-0.39, 0.29) is 0 Å². The average Bonchev–Trinajstić information content (AvgIpc) is 2.37. The molecule has 2 aromatic rings. The topological polar surface area (TPSA) is 32.3 Å². The molecular weight excluding hydrogens is 314 g/mol. The molecule has 0 aliphatic heterocycles. The number of phenols is 1. The highest BCUT2D eigenvalue weighted by molar-refractivity contribution is 9.10. The molecule has 104 valence electrons. The van der Waals surface area contributed by atoms with E-state index in [2.05, 4.69) is 45.5 Å². The normalized spacial score (nSPS) is 21.3. The fourth-order valence-electron chi connectivity index (χ4n) is 2.75. The number of halogens is 1. The third-order valence-electron chi connectivity index (χ3n) is 4.03. The van der Waals surface area contributed by atoms with Crippen LogP contribution in [0.25, 0.3) is 0 Å². The van der Waals surface area contributed by atoms with Gasteiger partial charge in [0.15, 0.2) is 0 Å². The van der Waals surface area contributed by atoms with Gasteiger partial charge in [-0.05, 0) is 67.1 Å². The average molecular weight is 332 g/mol. The summed E-state index contributed by atoms with van der Waals surface area (Å²) >= 11 is 3.53. The second kappa shape index (κ2) is 5.49. The third kappa shape index (κ3) is 2.83. The summed E-state index contributed by atoms with van der Waals surface area (Å²) in [6.45, 7) is 1.92. The summed E-state index contributed by atoms with van der Waals surface area (Å²) in [5, 5.41) is 13.1. The Morgan fingerprint density at radius 3 is 2.65 bits per heavy atom. The second-order valence-corrected chi connectivity index (χ2v) is 6.48. The van der Waals surface area contributed by atoms with Gasteiger partial charge in [-0.3, -0.25) is 0 Å². The maximum atomic E-state index is 9.53. The summed E-state index contributed by atoms with van der Waals surface area (Å²) in [5.41, 5.74) is 3.43. The largest absolute Gasteiger partial charge is 0.508 e. The van der Waals surface area contributed by atoms with Crippen LogP contribution in [0.5, 0.6) is 5.75 Å². The van der Waals surface area contributed by atoms with Crippen molar-refractivity contribution in [3.05, 3.63) is 58.1 Å². The number of anilines is 1. The first-order valence-electron chi connectivity index (χ1n) is 6.93. The highest BCUT2D eigenvalue weighted by atomic mass is 79.9. The van der Waals surface area contributed by atoms with Crippen molar-refractivity contribution in [3.8, 4) is 5.75 Å². The van der Waals surface area contributed by atoms with Crippen LogP contribution in [0.3, 0.4) is 0 Å². The third-order valence-corrected chi connectivity index (χ3v) is 4.52. The minimum Gasteiger partial charge on any atom is -0.508 e. The Hall–Kier alpha value is -1.48. The van der Waals surface area contributed by atoms with Gasteiger partial charge >= 0.3 is 0 Å². The molecule has 0 unspecified atom stereocenters. The van der Waals surface area contributed by atoms with Gasteiger partial charge in [0.2, 0.25) is 0 Å². The van der Waals surface area contributed by atoms with Crippen molar-refractivity contribution in [2.75, 3.05) is 5.32 Å². The lowest BCUT2D eigenvalue weighted by atomic mass is 9.76. The van der Waals surface area contributed by atoms with E-state index in [9.17, 15) is 5.11 Å². The van der Waals surface area contributed by atoms with Crippen LogP contribution in [-0.2, 0) is 0 Å². The molecule has 2 nitrogen and oxygen atoms in total. The molecule has 1 aliphatic rings. The zero-order valence-electron chi connectivity index (χ0n) is 11.4. The molecule has 0 spiro atoms. The molecule has 1 saturated carbocycles. The first kappa shape index (κ1) is 13.5. The summed E-state index contributed by atoms with van der Waals surface area (Å²) in [5.74, 6) is 1.01. The molecule has 0 radical (unpaired) electrons. The molecule has 1 fully saturated rings. The maximum absolute atomic E-state index is 9.53. The lowest BCUT2D eigenvalue weighted by Crippen LogP contribution is -2.33. The smallest absolute Gasteiger partial charge is 0.118 e. The molecule has 0 saturated heterocycles. The number of benzene rings is 2. The Morgan fingerprint density at radius 2 is 1.95 bits per heavy atom. The SMILES string of the molecule is Cc1cc(NC2CC(c3cccc(Br)c3)C2)ccc1O. The molecule has 2 N–H and O–H groups in total. The second-order valence-electron chi connectivity index (χ2n) is 5.57. The first-order chi connectivity index (χ1) is 9.61. The molecule has 0 atom stereocenters. The van der Waals surface area contributed by atoms with Crippen LogP contribution in [0.15, 0.2) is 46.9 Å². The molecular formula is C17H18BrNO. The van der Waals surface area contributed by atoms with E-state index >= 15 is 0 Å². The van der Waals surface area contributed by atoms with Gasteiger partial charge in [-0.2, -0.15) is 0 Å². The zero-order chi connectivity index (χ0) is 14.1. The van der Waals surface area contributed by atoms with Gasteiger partial charge in [-0.25, -0.2) is 0 Å². The van der Waals surface area contributed by atoms with Crippen molar-refractivity contribution in [1.82, 2.24) is 0 Å². The number of nitrogens with one attached hydrogen (secondary N) is 1. The van der Waals surface area contributed by atoms with Crippen molar-refractivity contribution < 1.29 is 5.11 Å². The van der Waals surface area contributed by atoms with Crippen LogP contribution >= 0.6 is 15.9 Å². The minimum absolute atomic E-state index is 0.358. The summed E-state index contributed by atoms with van der Waals surface area (Å²) in [4.78, 5) is 0. The zero-order valence-corrected chi connectivity index (χ0v) is 13.0. The number of aryl methyl sites for hydroxylation is 1. The van der Waals surface area contributed by atoms with Crippen LogP contribution in [0, 0.1) is 6.92 Å². The van der Waals surface area contributed by atoms with Gasteiger partial charge in [0, 0.05) is 16.2 Å². The molecule has 1 aliphatic carbocycles. The molecule has 0 heterocycles. The van der Waals surface area contributed by atoms with Crippen molar-refractivity contribution in [2.24, 2.45) is 0 Å². The highest BCUT2D eigenvalue weighted by Crippen LogP contribution is 2.39. The van der Waals surface area contributed by atoms with E-state index < -0.39 is 0 Å². The molecule has 0 bridgehead atoms. The lowest BCUT2D eigenvalue weighted by molar-refractivity contribution is 0.374. The highest BCUT2D eigenvalue weighted by Gasteiger charge is 2.30. The molecule has 20 heavy (non-hydrogen) atoms. The quantitative estimate of drug-likeness (QED) is 0.790. The van der Waals surface area contributed by atoms with E-state index in [1.54, 1.807) is 6.07 Å². The van der Waals surface area contributed by atoms with E-state index in [4.69, 9.17) is 0 Å². The molecule has 0 aromatic heterocycles. The summed E-state index contributed by atoms with van der Waals surface area (Å²) in [6, 6.07) is 14.8. The fraction of sp³-hybridized carbons (Fsp3) is 0.294. The van der Waals surface area contributed by atoms with Crippen LogP contribution in [-0.4, -0.2) is 11.1 Å². The number of rotatable bonds is 3. The molecule has 2 aromatic carbocycles. The number of hydrogen-bond acceptors (Lipinski definition) is 2. The van der Waals surface area contributed by atoms with Gasteiger partial charge in [0.05, 0.1) is 0 Å². The van der Waals surface area contributed by atoms with Gasteiger partial charge < -0.3 is 10.4 Å². The predicted octanol–water partition coefficient (Wildman–Crippen LogP) is 4.82. The van der Waals surface area contributed by atoms with Crippen LogP contribution in [0.2, 0.25) is 0 Å². The predicted molar refractivity (Wildman–Crippen MR) is 86.4 cm³/mol. The van der Waals surface area contributed by atoms with Crippen LogP contribution in [0.4, 0.5) is 5.69 Å². The van der Waals surface area contributed by atoms with E-state index in [0.717, 1.165) is 28.6 Å². The summed E-state index contributed by atoms with van der Waals surface area (Å²) < 4.78 is 1.15. The van der Waals surface area contributed by atoms with Crippen LogP contribution in [0.1, 0.15) is 29.9 Å². The molecule has 3 rings (SSSR count). The summed E-state index contributed by atoms with van der Waals surface area (Å²) in [7, 11) is 0. The van der Waals surface area contributed by atoms with Gasteiger partial charge in [0.1, 0.15) is 5.75 Å². The lowest BCUT2D eigenvalue weighted by Gasteiger charge is -2.37. The Kier molecular flexibility index (Phi) is 3.70. The maximum Gasteiger partial charge on any atom is 0.118 e. The Bertz CT molecular complexity index is 620. The van der Waals surface area contributed by atoms with Gasteiger partial charge in [0.25, 0.3) is 0 Å².